The predicted octanol–water partition coefficient (Wildman–Crippen LogP) is 4.26. The average Bonchev–Trinajstić information content (AvgIpc) is 3.48. The quantitative estimate of drug-likeness (QED) is 0.477. The van der Waals surface area contributed by atoms with E-state index < -0.39 is 0 Å². The predicted molar refractivity (Wildman–Crippen MR) is 147 cm³/mol. The number of hydrogen-bond donors (Lipinski definition) is 0. The summed E-state index contributed by atoms with van der Waals surface area (Å²) in [4.78, 5) is 28.9. The summed E-state index contributed by atoms with van der Waals surface area (Å²) in [6.07, 6.45) is 7.17. The van der Waals surface area contributed by atoms with E-state index in [1.54, 1.807) is 0 Å². The first-order valence-electron chi connectivity index (χ1n) is 12.4. The Balaban J connectivity index is 1.25. The zero-order valence-corrected chi connectivity index (χ0v) is 21.8. The molecule has 10 heteroatoms. The minimum Gasteiger partial charge on any atom is -0.368 e. The molecule has 0 spiro atoms. The van der Waals surface area contributed by atoms with Crippen LogP contribution in [0.15, 0.2) is 46.4 Å². The Hall–Kier alpha value is -2.88. The number of hydrogen-bond acceptors (Lipinski definition) is 7. The smallest absolute Gasteiger partial charge is 0.286 e. The van der Waals surface area contributed by atoms with E-state index in [1.165, 1.54) is 18.2 Å². The summed E-state index contributed by atoms with van der Waals surface area (Å²) < 4.78 is 1.81. The van der Waals surface area contributed by atoms with Crippen molar-refractivity contribution in [3.63, 3.8) is 0 Å². The fourth-order valence-electron chi connectivity index (χ4n) is 4.88. The van der Waals surface area contributed by atoms with Crippen LogP contribution in [-0.2, 0) is 4.79 Å². The number of thioether (sulfide) groups is 1. The largest absolute Gasteiger partial charge is 0.368 e. The SMILES string of the molecule is CN1CCN(c2ccc(-c3cnc4ccc(/C=C5\SC(N6CCCCC6)=NC5=O)nn34)cc2Cl)CC1. The van der Waals surface area contributed by atoms with Gasteiger partial charge in [0, 0.05) is 44.8 Å². The molecule has 0 N–H and O–H groups in total. The van der Waals surface area contributed by atoms with Crippen molar-refractivity contribution in [2.75, 3.05) is 51.2 Å². The number of carbonyl (C=O) groups is 1. The lowest BCUT2D eigenvalue weighted by Crippen LogP contribution is -2.44. The van der Waals surface area contributed by atoms with Gasteiger partial charge in [0.2, 0.25) is 0 Å². The molecule has 2 aromatic heterocycles. The molecule has 2 fully saturated rings. The van der Waals surface area contributed by atoms with Gasteiger partial charge in [-0.2, -0.15) is 10.1 Å². The highest BCUT2D eigenvalue weighted by molar-refractivity contribution is 8.18. The molecule has 0 aliphatic carbocycles. The maximum Gasteiger partial charge on any atom is 0.286 e. The number of amides is 1. The Morgan fingerprint density at radius 2 is 1.78 bits per heavy atom. The van der Waals surface area contributed by atoms with E-state index in [0.717, 1.165) is 84.9 Å². The van der Waals surface area contributed by atoms with Crippen LogP contribution in [-0.4, -0.2) is 81.8 Å². The second-order valence-corrected chi connectivity index (χ2v) is 10.9. The maximum absolute atomic E-state index is 12.6. The molecule has 0 saturated carbocycles. The van der Waals surface area contributed by atoms with Gasteiger partial charge in [-0.25, -0.2) is 9.50 Å². The van der Waals surface area contributed by atoms with E-state index in [9.17, 15) is 4.79 Å². The van der Waals surface area contributed by atoms with E-state index >= 15 is 0 Å². The Morgan fingerprint density at radius 1 is 0.972 bits per heavy atom. The lowest BCUT2D eigenvalue weighted by molar-refractivity contribution is -0.113. The first kappa shape index (κ1) is 23.5. The summed E-state index contributed by atoms with van der Waals surface area (Å²) in [5.74, 6) is -0.195. The molecule has 1 amide bonds. The molecule has 3 aliphatic heterocycles. The minimum atomic E-state index is -0.195. The highest BCUT2D eigenvalue weighted by Crippen LogP contribution is 2.33. The second kappa shape index (κ2) is 9.88. The monoisotopic (exact) mass is 521 g/mol. The van der Waals surface area contributed by atoms with Crippen LogP contribution in [0.25, 0.3) is 23.0 Å². The number of halogens is 1. The Bertz CT molecular complexity index is 1370. The van der Waals surface area contributed by atoms with E-state index in [4.69, 9.17) is 16.7 Å². The van der Waals surface area contributed by atoms with Gasteiger partial charge in [-0.15, -0.1) is 0 Å². The number of benzene rings is 1. The number of nitrogens with zero attached hydrogens (tertiary/aromatic N) is 7. The zero-order chi connectivity index (χ0) is 24.6. The molecule has 0 unspecified atom stereocenters. The Morgan fingerprint density at radius 3 is 2.56 bits per heavy atom. The second-order valence-electron chi connectivity index (χ2n) is 9.49. The fourth-order valence-corrected chi connectivity index (χ4v) is 6.13. The first-order valence-corrected chi connectivity index (χ1v) is 13.6. The first-order chi connectivity index (χ1) is 17.5. The minimum absolute atomic E-state index is 0.195. The molecule has 5 heterocycles. The van der Waals surface area contributed by atoms with Crippen LogP contribution in [0.5, 0.6) is 0 Å². The fraction of sp³-hybridized carbons (Fsp3) is 0.385. The summed E-state index contributed by atoms with van der Waals surface area (Å²) in [5.41, 5.74) is 4.29. The normalized spacial score (nSPS) is 20.6. The van der Waals surface area contributed by atoms with Crippen molar-refractivity contribution in [3.8, 4) is 11.3 Å². The van der Waals surface area contributed by atoms with Crippen molar-refractivity contribution >= 4 is 51.8 Å². The number of aromatic nitrogens is 3. The molecule has 36 heavy (non-hydrogen) atoms. The van der Waals surface area contributed by atoms with E-state index in [0.29, 0.717) is 10.6 Å². The van der Waals surface area contributed by atoms with E-state index in [2.05, 4.69) is 43.9 Å². The van der Waals surface area contributed by atoms with Crippen LogP contribution >= 0.6 is 23.4 Å². The molecule has 8 nitrogen and oxygen atoms in total. The number of fused-ring (bicyclic) bond motifs is 1. The molecule has 1 aromatic carbocycles. The van der Waals surface area contributed by atoms with Crippen LogP contribution in [0.3, 0.4) is 0 Å². The van der Waals surface area contributed by atoms with Gasteiger partial charge in [0.25, 0.3) is 5.91 Å². The van der Waals surface area contributed by atoms with E-state index in [-0.39, 0.29) is 5.91 Å². The summed E-state index contributed by atoms with van der Waals surface area (Å²) in [5, 5.41) is 6.32. The van der Waals surface area contributed by atoms with Gasteiger partial charge in [0.1, 0.15) is 0 Å². The Labute approximate surface area is 219 Å². The number of rotatable bonds is 3. The lowest BCUT2D eigenvalue weighted by atomic mass is 10.1. The number of imidazole rings is 1. The zero-order valence-electron chi connectivity index (χ0n) is 20.2. The topological polar surface area (TPSA) is 69.3 Å². The van der Waals surface area contributed by atoms with Crippen LogP contribution in [0, 0.1) is 0 Å². The molecule has 3 aromatic rings. The molecule has 6 rings (SSSR count). The average molecular weight is 522 g/mol. The van der Waals surface area contributed by atoms with Crippen molar-refractivity contribution in [2.24, 2.45) is 4.99 Å². The summed E-state index contributed by atoms with van der Waals surface area (Å²) in [6, 6.07) is 9.95. The van der Waals surface area contributed by atoms with E-state index in [1.807, 2.05) is 35.0 Å². The number of aliphatic imine (C=N–C) groups is 1. The molecule has 2 saturated heterocycles. The molecule has 3 aliphatic rings. The van der Waals surface area contributed by atoms with Crippen LogP contribution in [0.2, 0.25) is 5.02 Å². The van der Waals surface area contributed by atoms with Crippen LogP contribution in [0.1, 0.15) is 25.0 Å². The number of amidine groups is 1. The van der Waals surface area contributed by atoms with Crippen molar-refractivity contribution < 1.29 is 4.79 Å². The van der Waals surface area contributed by atoms with Gasteiger partial charge in [-0.3, -0.25) is 4.79 Å². The number of likely N-dealkylation sites (N-methyl/N-ethyl adjacent to an activating group) is 1. The Kier molecular flexibility index (Phi) is 6.45. The lowest BCUT2D eigenvalue weighted by Gasteiger charge is -2.34. The van der Waals surface area contributed by atoms with Gasteiger partial charge in [0.15, 0.2) is 10.8 Å². The molecular weight excluding hydrogens is 494 g/mol. The molecule has 0 bridgehead atoms. The van der Waals surface area contributed by atoms with Gasteiger partial charge in [-0.1, -0.05) is 17.7 Å². The molecule has 186 valence electrons. The summed E-state index contributed by atoms with van der Waals surface area (Å²) in [6.45, 7) is 5.91. The van der Waals surface area contributed by atoms with Crippen LogP contribution < -0.4 is 4.90 Å². The third-order valence-corrected chi connectivity index (χ3v) is 8.33. The standard InChI is InChI=1S/C26H28ClN7OS/c1-31-11-13-32(14-12-31)21-7-5-18(15-20(21)27)22-17-28-24-8-6-19(30-34(22)24)16-23-25(35)29-26(36-23)33-9-3-2-4-10-33/h5-8,15-17H,2-4,9-14H2,1H3/b23-16-. The van der Waals surface area contributed by atoms with Gasteiger partial charge in [-0.05, 0) is 68.4 Å². The number of likely N-dealkylation sites (tertiary alicyclic amines) is 1. The van der Waals surface area contributed by atoms with Crippen molar-refractivity contribution in [2.45, 2.75) is 19.3 Å². The third-order valence-electron chi connectivity index (χ3n) is 6.99. The van der Waals surface area contributed by atoms with Gasteiger partial charge < -0.3 is 14.7 Å². The summed E-state index contributed by atoms with van der Waals surface area (Å²) >= 11 is 8.18. The number of anilines is 1. The molecule has 0 atom stereocenters. The van der Waals surface area contributed by atoms with Gasteiger partial charge in [0.05, 0.1) is 33.2 Å². The number of piperidine rings is 1. The van der Waals surface area contributed by atoms with Crippen molar-refractivity contribution in [3.05, 3.63) is 52.2 Å². The summed E-state index contributed by atoms with van der Waals surface area (Å²) in [7, 11) is 2.14. The highest BCUT2D eigenvalue weighted by Gasteiger charge is 2.27. The van der Waals surface area contributed by atoms with Gasteiger partial charge >= 0.3 is 0 Å². The van der Waals surface area contributed by atoms with Crippen molar-refractivity contribution in [1.29, 1.82) is 0 Å². The maximum atomic E-state index is 12.6. The van der Waals surface area contributed by atoms with Crippen molar-refractivity contribution in [1.82, 2.24) is 24.4 Å². The van der Waals surface area contributed by atoms with Crippen LogP contribution in [0.4, 0.5) is 5.69 Å². The number of carbonyl (C=O) groups excluding carboxylic acids is 1. The highest BCUT2D eigenvalue weighted by atomic mass is 35.5. The third kappa shape index (κ3) is 4.63. The number of piperazine rings is 1. The molecule has 0 radical (unpaired) electrons. The molecular formula is C26H28ClN7OS.